The highest BCUT2D eigenvalue weighted by Gasteiger charge is 2.03. The molecular weight excluding hydrogens is 350 g/mol. The third kappa shape index (κ3) is 6.25. The average molecular weight is 377 g/mol. The lowest BCUT2D eigenvalue weighted by Crippen LogP contribution is -2.41. The van der Waals surface area contributed by atoms with E-state index in [-0.39, 0.29) is 6.03 Å². The summed E-state index contributed by atoms with van der Waals surface area (Å²) >= 11 is 0. The van der Waals surface area contributed by atoms with Crippen molar-refractivity contribution < 1.29 is 4.79 Å². The molecule has 1 heterocycles. The highest BCUT2D eigenvalue weighted by molar-refractivity contribution is 5.80. The molecule has 2 aromatic carbocycles. The Morgan fingerprint density at radius 2 is 1.64 bits per heavy atom. The van der Waals surface area contributed by atoms with E-state index in [2.05, 4.69) is 38.0 Å². The molecule has 3 N–H and O–H groups in total. The molecule has 6 nitrogen and oxygen atoms in total. The van der Waals surface area contributed by atoms with E-state index in [1.54, 1.807) is 0 Å². The summed E-state index contributed by atoms with van der Waals surface area (Å²) in [5.74, 6) is 0.809. The maximum absolute atomic E-state index is 11.9. The minimum Gasteiger partial charge on any atom is -0.368 e. The van der Waals surface area contributed by atoms with Crippen molar-refractivity contribution in [2.45, 2.75) is 6.54 Å². The number of aromatic nitrogens is 1. The van der Waals surface area contributed by atoms with Crippen LogP contribution in [0.3, 0.4) is 0 Å². The molecule has 6 heteroatoms. The molecule has 1 aromatic heterocycles. The predicted molar refractivity (Wildman–Crippen MR) is 114 cm³/mol. The van der Waals surface area contributed by atoms with E-state index >= 15 is 0 Å². The molecule has 146 valence electrons. The zero-order chi connectivity index (χ0) is 19.6. The fourth-order valence-corrected chi connectivity index (χ4v) is 2.93. The van der Waals surface area contributed by atoms with Crippen LogP contribution in [0.15, 0.2) is 66.7 Å². The molecule has 0 aliphatic rings. The van der Waals surface area contributed by atoms with Gasteiger partial charge in [0.1, 0.15) is 5.82 Å². The Kier molecular flexibility index (Phi) is 7.21. The zero-order valence-electron chi connectivity index (χ0n) is 16.2. The molecule has 0 aliphatic heterocycles. The Morgan fingerprint density at radius 3 is 2.50 bits per heavy atom. The van der Waals surface area contributed by atoms with Crippen LogP contribution in [0.5, 0.6) is 0 Å². The first-order valence-electron chi connectivity index (χ1n) is 9.54. The Morgan fingerprint density at radius 1 is 0.893 bits per heavy atom. The highest BCUT2D eigenvalue weighted by atomic mass is 16.2. The molecule has 0 unspecified atom stereocenters. The third-order valence-corrected chi connectivity index (χ3v) is 4.39. The van der Waals surface area contributed by atoms with E-state index in [0.29, 0.717) is 19.6 Å². The highest BCUT2D eigenvalue weighted by Crippen LogP contribution is 2.14. The van der Waals surface area contributed by atoms with Crippen LogP contribution in [-0.2, 0) is 6.54 Å². The second kappa shape index (κ2) is 10.3. The summed E-state index contributed by atoms with van der Waals surface area (Å²) in [6, 6.07) is 22.1. The number of carbonyl (C=O) groups excluding carboxylic acids is 1. The van der Waals surface area contributed by atoms with E-state index in [1.807, 2.05) is 61.6 Å². The first kappa shape index (κ1) is 19.6. The van der Waals surface area contributed by atoms with Crippen molar-refractivity contribution in [3.05, 3.63) is 72.3 Å². The van der Waals surface area contributed by atoms with Crippen molar-refractivity contribution in [2.24, 2.45) is 0 Å². The Hall–Kier alpha value is -3.12. The van der Waals surface area contributed by atoms with Crippen LogP contribution < -0.4 is 16.0 Å². The predicted octanol–water partition coefficient (Wildman–Crippen LogP) is 3.08. The molecule has 0 saturated carbocycles. The first-order valence-corrected chi connectivity index (χ1v) is 9.54. The minimum atomic E-state index is -0.151. The van der Waals surface area contributed by atoms with Crippen LogP contribution in [0, 0.1) is 0 Å². The van der Waals surface area contributed by atoms with Gasteiger partial charge in [0.25, 0.3) is 0 Å². The van der Waals surface area contributed by atoms with Gasteiger partial charge in [-0.25, -0.2) is 9.78 Å². The van der Waals surface area contributed by atoms with Gasteiger partial charge in [-0.3, -0.25) is 0 Å². The van der Waals surface area contributed by atoms with Crippen molar-refractivity contribution in [3.63, 3.8) is 0 Å². The molecule has 0 saturated heterocycles. The van der Waals surface area contributed by atoms with Gasteiger partial charge in [-0.05, 0) is 30.8 Å². The summed E-state index contributed by atoms with van der Waals surface area (Å²) < 4.78 is 0. The van der Waals surface area contributed by atoms with Crippen LogP contribution in [0.25, 0.3) is 10.9 Å². The lowest BCUT2D eigenvalue weighted by atomic mass is 10.2. The summed E-state index contributed by atoms with van der Waals surface area (Å²) in [4.78, 5) is 18.6. The number of nitrogens with one attached hydrogen (secondary N) is 3. The van der Waals surface area contributed by atoms with Crippen molar-refractivity contribution in [1.29, 1.82) is 0 Å². The Balaban J connectivity index is 1.29. The van der Waals surface area contributed by atoms with Gasteiger partial charge in [0.05, 0.1) is 5.52 Å². The molecule has 2 amide bonds. The fourth-order valence-electron chi connectivity index (χ4n) is 2.93. The standard InChI is InChI=1S/C22H27N5O/c1-27(17-18-7-3-2-4-8-18)16-15-25-22(28)24-14-13-23-21-12-11-19-9-5-6-10-20(19)26-21/h2-12H,13-17H2,1H3,(H,23,26)(H2,24,25,28). The van der Waals surface area contributed by atoms with Crippen LogP contribution in [-0.4, -0.2) is 49.1 Å². The smallest absolute Gasteiger partial charge is 0.314 e. The van der Waals surface area contributed by atoms with Gasteiger partial charge < -0.3 is 20.9 Å². The van der Waals surface area contributed by atoms with Crippen LogP contribution in [0.4, 0.5) is 10.6 Å². The molecule has 0 fully saturated rings. The zero-order valence-corrected chi connectivity index (χ0v) is 16.2. The van der Waals surface area contributed by atoms with E-state index in [0.717, 1.165) is 29.8 Å². The molecule has 3 aromatic rings. The van der Waals surface area contributed by atoms with Crippen molar-refractivity contribution in [2.75, 3.05) is 38.5 Å². The second-order valence-electron chi connectivity index (χ2n) is 6.72. The van der Waals surface area contributed by atoms with Gasteiger partial charge in [-0.15, -0.1) is 0 Å². The fraction of sp³-hybridized carbons (Fsp3) is 0.273. The minimum absolute atomic E-state index is 0.151. The van der Waals surface area contributed by atoms with E-state index in [4.69, 9.17) is 0 Å². The number of hydrogen-bond acceptors (Lipinski definition) is 4. The van der Waals surface area contributed by atoms with E-state index in [9.17, 15) is 4.79 Å². The number of amides is 2. The quantitative estimate of drug-likeness (QED) is 0.501. The molecule has 0 bridgehead atoms. The maximum Gasteiger partial charge on any atom is 0.314 e. The van der Waals surface area contributed by atoms with Gasteiger partial charge in [-0.2, -0.15) is 0 Å². The van der Waals surface area contributed by atoms with Crippen LogP contribution in [0.1, 0.15) is 5.56 Å². The van der Waals surface area contributed by atoms with Crippen LogP contribution in [0.2, 0.25) is 0 Å². The van der Waals surface area contributed by atoms with Gasteiger partial charge >= 0.3 is 6.03 Å². The van der Waals surface area contributed by atoms with E-state index in [1.165, 1.54) is 5.56 Å². The summed E-state index contributed by atoms with van der Waals surface area (Å²) in [5, 5.41) is 10.1. The number of fused-ring (bicyclic) bond motifs is 1. The summed E-state index contributed by atoms with van der Waals surface area (Å²) in [5.41, 5.74) is 2.22. The SMILES string of the molecule is CN(CCNC(=O)NCCNc1ccc2ccccc2n1)Cc1ccccc1. The van der Waals surface area contributed by atoms with Crippen molar-refractivity contribution >= 4 is 22.8 Å². The van der Waals surface area contributed by atoms with Crippen molar-refractivity contribution in [3.8, 4) is 0 Å². The van der Waals surface area contributed by atoms with Gasteiger partial charge in [0.15, 0.2) is 0 Å². The van der Waals surface area contributed by atoms with Gasteiger partial charge in [-0.1, -0.05) is 48.5 Å². The molecular formula is C22H27N5O. The second-order valence-corrected chi connectivity index (χ2v) is 6.72. The largest absolute Gasteiger partial charge is 0.368 e. The number of pyridine rings is 1. The molecule has 3 rings (SSSR count). The Labute approximate surface area is 166 Å². The van der Waals surface area contributed by atoms with E-state index < -0.39 is 0 Å². The van der Waals surface area contributed by atoms with Gasteiger partial charge in [0, 0.05) is 38.1 Å². The first-order chi connectivity index (χ1) is 13.7. The number of hydrogen-bond donors (Lipinski definition) is 3. The normalized spacial score (nSPS) is 10.8. The number of likely N-dealkylation sites (N-methyl/N-ethyl adjacent to an activating group) is 1. The Bertz CT molecular complexity index is 884. The van der Waals surface area contributed by atoms with Gasteiger partial charge in [0.2, 0.25) is 0 Å². The molecule has 0 aliphatic carbocycles. The number of nitrogens with zero attached hydrogens (tertiary/aromatic N) is 2. The molecule has 0 atom stereocenters. The van der Waals surface area contributed by atoms with Crippen molar-refractivity contribution in [1.82, 2.24) is 20.5 Å². The molecule has 0 spiro atoms. The lowest BCUT2D eigenvalue weighted by Gasteiger charge is -2.17. The number of rotatable bonds is 9. The number of benzene rings is 2. The summed E-state index contributed by atoms with van der Waals surface area (Å²) in [6.45, 7) is 3.41. The lowest BCUT2D eigenvalue weighted by molar-refractivity contribution is 0.238. The number of anilines is 1. The topological polar surface area (TPSA) is 69.3 Å². The average Bonchev–Trinajstić information content (AvgIpc) is 2.72. The summed E-state index contributed by atoms with van der Waals surface area (Å²) in [6.07, 6.45) is 0. The maximum atomic E-state index is 11.9. The summed E-state index contributed by atoms with van der Waals surface area (Å²) in [7, 11) is 2.05. The third-order valence-electron chi connectivity index (χ3n) is 4.39. The number of para-hydroxylation sites is 1. The molecule has 0 radical (unpaired) electrons. The number of urea groups is 1. The monoisotopic (exact) mass is 377 g/mol. The molecule has 28 heavy (non-hydrogen) atoms. The number of carbonyl (C=O) groups is 1. The van der Waals surface area contributed by atoms with Crippen LogP contribution >= 0.6 is 0 Å².